The molecule has 0 saturated carbocycles. The molecule has 0 unspecified atom stereocenters. The molecule has 5 heterocycles. The normalized spacial score (nSPS) is 18.3. The maximum atomic E-state index is 13.7. The lowest BCUT2D eigenvalue weighted by atomic mass is 10.0. The number of piperidine rings is 1. The molecule has 0 aliphatic carbocycles. The van der Waals surface area contributed by atoms with Crippen molar-refractivity contribution in [1.82, 2.24) is 35.0 Å². The standard InChI is InChI=1S/C26H26F2N8O5/c27-23(28)22-19(30-24(38)20-13-41-14-29-20)12-34(32-22)17-3-6-33(7-4-17)10-15-1-2-18-16(9-15)11-36(25(18)39)35-8-5-21(37)31-26(35)40/h1-2,9,12-14,17,23H,3-8,10-11H2,(H,30,38)(H,31,37,40). The van der Waals surface area contributed by atoms with E-state index in [1.165, 1.54) is 20.9 Å². The third-order valence-corrected chi connectivity index (χ3v) is 7.50. The number of rotatable bonds is 7. The number of benzene rings is 1. The Morgan fingerprint density at radius 3 is 2.66 bits per heavy atom. The van der Waals surface area contributed by atoms with Crippen LogP contribution in [-0.4, -0.2) is 73.1 Å². The summed E-state index contributed by atoms with van der Waals surface area (Å²) in [5, 5.41) is 11.4. The van der Waals surface area contributed by atoms with E-state index < -0.39 is 24.1 Å². The van der Waals surface area contributed by atoms with Gasteiger partial charge in [0, 0.05) is 37.8 Å². The van der Waals surface area contributed by atoms with Crippen molar-refractivity contribution in [3.05, 3.63) is 65.1 Å². The molecule has 2 saturated heterocycles. The van der Waals surface area contributed by atoms with E-state index in [0.717, 1.165) is 23.8 Å². The van der Waals surface area contributed by atoms with Crippen LogP contribution >= 0.6 is 0 Å². The first-order valence-electron chi connectivity index (χ1n) is 13.1. The highest BCUT2D eigenvalue weighted by Crippen LogP contribution is 2.31. The predicted octanol–water partition coefficient (Wildman–Crippen LogP) is 2.71. The number of amides is 5. The van der Waals surface area contributed by atoms with Gasteiger partial charge in [0.1, 0.15) is 6.26 Å². The lowest BCUT2D eigenvalue weighted by Crippen LogP contribution is -2.56. The molecule has 3 aromatic rings. The Bertz CT molecular complexity index is 1500. The van der Waals surface area contributed by atoms with Crippen molar-refractivity contribution in [3.8, 4) is 0 Å². The second kappa shape index (κ2) is 10.7. The summed E-state index contributed by atoms with van der Waals surface area (Å²) in [6.45, 7) is 2.41. The lowest BCUT2D eigenvalue weighted by molar-refractivity contribution is -0.123. The Hall–Kier alpha value is -4.66. The topological polar surface area (TPSA) is 146 Å². The van der Waals surface area contributed by atoms with Crippen LogP contribution in [0.2, 0.25) is 0 Å². The zero-order chi connectivity index (χ0) is 28.7. The third-order valence-electron chi connectivity index (χ3n) is 7.50. The number of fused-ring (bicyclic) bond motifs is 1. The minimum Gasteiger partial charge on any atom is -0.451 e. The van der Waals surface area contributed by atoms with E-state index in [4.69, 9.17) is 4.42 Å². The average molecular weight is 569 g/mol. The van der Waals surface area contributed by atoms with Crippen LogP contribution in [0.25, 0.3) is 0 Å². The molecule has 0 spiro atoms. The molecule has 2 fully saturated rings. The summed E-state index contributed by atoms with van der Waals surface area (Å²) >= 11 is 0. The van der Waals surface area contributed by atoms with Gasteiger partial charge in [-0.3, -0.25) is 29.3 Å². The molecule has 41 heavy (non-hydrogen) atoms. The van der Waals surface area contributed by atoms with E-state index in [1.807, 2.05) is 12.1 Å². The molecule has 2 N–H and O–H groups in total. The van der Waals surface area contributed by atoms with Gasteiger partial charge >= 0.3 is 6.03 Å². The summed E-state index contributed by atoms with van der Waals surface area (Å²) < 4.78 is 33.6. The maximum Gasteiger partial charge on any atom is 0.342 e. The highest BCUT2D eigenvalue weighted by Gasteiger charge is 2.37. The van der Waals surface area contributed by atoms with Gasteiger partial charge in [0.2, 0.25) is 5.91 Å². The number of likely N-dealkylation sites (tertiary alicyclic amines) is 1. The van der Waals surface area contributed by atoms with Crippen LogP contribution in [0, 0.1) is 0 Å². The molecule has 5 amide bonds. The number of oxazole rings is 1. The predicted molar refractivity (Wildman–Crippen MR) is 136 cm³/mol. The summed E-state index contributed by atoms with van der Waals surface area (Å²) in [6.07, 6.45) is 2.25. The van der Waals surface area contributed by atoms with Crippen molar-refractivity contribution in [2.24, 2.45) is 0 Å². The smallest absolute Gasteiger partial charge is 0.342 e. The first-order chi connectivity index (χ1) is 19.8. The average Bonchev–Trinajstić information content (AvgIpc) is 3.69. The van der Waals surface area contributed by atoms with Crippen LogP contribution in [0.3, 0.4) is 0 Å². The van der Waals surface area contributed by atoms with Crippen molar-refractivity contribution in [2.75, 3.05) is 25.0 Å². The quantitative estimate of drug-likeness (QED) is 0.443. The van der Waals surface area contributed by atoms with Crippen molar-refractivity contribution in [3.63, 3.8) is 0 Å². The van der Waals surface area contributed by atoms with Gasteiger partial charge < -0.3 is 9.73 Å². The SMILES string of the molecule is O=C1CCN(N2Cc3cc(CN4CCC(n5cc(NC(=O)c6cocn6)c(C(F)F)n5)CC4)ccc3C2=O)C(=O)N1. The number of hydrogen-bond donors (Lipinski definition) is 2. The summed E-state index contributed by atoms with van der Waals surface area (Å²) in [4.78, 5) is 54.9. The largest absolute Gasteiger partial charge is 0.451 e. The number of hydrazine groups is 1. The number of anilines is 1. The second-order valence-corrected chi connectivity index (χ2v) is 10.1. The number of nitrogens with one attached hydrogen (secondary N) is 2. The summed E-state index contributed by atoms with van der Waals surface area (Å²) in [5.41, 5.74) is 1.75. The number of urea groups is 1. The van der Waals surface area contributed by atoms with Gasteiger partial charge in [-0.1, -0.05) is 12.1 Å². The third kappa shape index (κ3) is 5.27. The first kappa shape index (κ1) is 26.6. The number of nitrogens with zero attached hydrogens (tertiary/aromatic N) is 6. The minimum atomic E-state index is -2.86. The van der Waals surface area contributed by atoms with Gasteiger partial charge in [-0.05, 0) is 30.0 Å². The van der Waals surface area contributed by atoms with Crippen LogP contribution < -0.4 is 10.6 Å². The number of hydrogen-bond acceptors (Lipinski definition) is 8. The van der Waals surface area contributed by atoms with Gasteiger partial charge in [0.05, 0.1) is 24.8 Å². The van der Waals surface area contributed by atoms with E-state index in [9.17, 15) is 28.0 Å². The number of carbonyl (C=O) groups excluding carboxylic acids is 4. The monoisotopic (exact) mass is 568 g/mol. The van der Waals surface area contributed by atoms with Crippen LogP contribution in [0.5, 0.6) is 0 Å². The molecule has 0 radical (unpaired) electrons. The van der Waals surface area contributed by atoms with Crippen LogP contribution in [0.4, 0.5) is 19.3 Å². The highest BCUT2D eigenvalue weighted by molar-refractivity contribution is 6.03. The molecular formula is C26H26F2N8O5. The fourth-order valence-electron chi connectivity index (χ4n) is 5.40. The Morgan fingerprint density at radius 1 is 1.15 bits per heavy atom. The summed E-state index contributed by atoms with van der Waals surface area (Å²) in [6, 6.07) is 4.89. The molecule has 3 aliphatic heterocycles. The van der Waals surface area contributed by atoms with Gasteiger partial charge in [-0.2, -0.15) is 5.10 Å². The van der Waals surface area contributed by atoms with Gasteiger partial charge in [-0.25, -0.2) is 28.6 Å². The molecule has 0 atom stereocenters. The fourth-order valence-corrected chi connectivity index (χ4v) is 5.40. The fraction of sp³-hybridized carbons (Fsp3) is 0.385. The molecule has 6 rings (SSSR count). The highest BCUT2D eigenvalue weighted by atomic mass is 19.3. The van der Waals surface area contributed by atoms with Crippen molar-refractivity contribution < 1.29 is 32.4 Å². The molecular weight excluding hydrogens is 542 g/mol. The summed E-state index contributed by atoms with van der Waals surface area (Å²) in [5.74, 6) is -1.31. The van der Waals surface area contributed by atoms with Crippen LogP contribution in [0.1, 0.15) is 69.4 Å². The Labute approximate surface area is 232 Å². The Balaban J connectivity index is 1.07. The molecule has 1 aromatic carbocycles. The number of halogens is 2. The first-order valence-corrected chi connectivity index (χ1v) is 13.1. The van der Waals surface area contributed by atoms with Crippen molar-refractivity contribution in [2.45, 2.75) is 44.8 Å². The Morgan fingerprint density at radius 2 is 1.95 bits per heavy atom. The Kier molecular flexibility index (Phi) is 6.95. The molecule has 2 aromatic heterocycles. The molecule has 15 heteroatoms. The van der Waals surface area contributed by atoms with E-state index >= 15 is 0 Å². The van der Waals surface area contributed by atoms with Gasteiger partial charge in [-0.15, -0.1) is 0 Å². The minimum absolute atomic E-state index is 0.0246. The molecule has 0 bridgehead atoms. The molecule has 3 aliphatic rings. The number of imide groups is 1. The number of aromatic nitrogens is 3. The zero-order valence-corrected chi connectivity index (χ0v) is 21.8. The van der Waals surface area contributed by atoms with Gasteiger partial charge in [0.15, 0.2) is 17.8 Å². The van der Waals surface area contributed by atoms with E-state index in [-0.39, 0.29) is 48.7 Å². The zero-order valence-electron chi connectivity index (χ0n) is 21.8. The van der Waals surface area contributed by atoms with Crippen LogP contribution in [-0.2, 0) is 17.9 Å². The van der Waals surface area contributed by atoms with Crippen molar-refractivity contribution >= 4 is 29.4 Å². The van der Waals surface area contributed by atoms with E-state index in [1.54, 1.807) is 6.07 Å². The van der Waals surface area contributed by atoms with Gasteiger partial charge in [0.25, 0.3) is 18.2 Å². The van der Waals surface area contributed by atoms with Crippen LogP contribution in [0.15, 0.2) is 41.5 Å². The van der Waals surface area contributed by atoms with E-state index in [0.29, 0.717) is 38.0 Å². The van der Waals surface area contributed by atoms with Crippen molar-refractivity contribution in [1.29, 1.82) is 0 Å². The number of carbonyl (C=O) groups is 4. The molecule has 13 nitrogen and oxygen atoms in total. The lowest BCUT2D eigenvalue weighted by Gasteiger charge is -2.33. The van der Waals surface area contributed by atoms with E-state index in [2.05, 4.69) is 25.6 Å². The number of alkyl halides is 2. The second-order valence-electron chi connectivity index (χ2n) is 10.1. The maximum absolute atomic E-state index is 13.7. The summed E-state index contributed by atoms with van der Waals surface area (Å²) in [7, 11) is 0. The molecule has 214 valence electrons.